The zero-order valence-electron chi connectivity index (χ0n) is 12.0. The van der Waals surface area contributed by atoms with Gasteiger partial charge in [-0.15, -0.1) is 10.2 Å². The smallest absolute Gasteiger partial charge is 0.289 e. The number of hydrogen-bond donors (Lipinski definition) is 1. The molecule has 8 nitrogen and oxygen atoms in total. The fourth-order valence-corrected chi connectivity index (χ4v) is 2.40. The normalized spacial score (nSPS) is 10.8. The van der Waals surface area contributed by atoms with Crippen molar-refractivity contribution in [1.29, 1.82) is 0 Å². The topological polar surface area (TPSA) is 98.2 Å². The molecular weight excluding hydrogens is 320 g/mol. The predicted molar refractivity (Wildman–Crippen MR) is 85.7 cm³/mol. The average Bonchev–Trinajstić information content (AvgIpc) is 2.96. The van der Waals surface area contributed by atoms with Crippen LogP contribution in [-0.4, -0.2) is 31.1 Å². The Bertz CT molecular complexity index is 850. The van der Waals surface area contributed by atoms with Crippen molar-refractivity contribution in [1.82, 2.24) is 19.6 Å². The number of fused-ring (bicyclic) bond motifs is 1. The van der Waals surface area contributed by atoms with Crippen molar-refractivity contribution in [3.8, 4) is 0 Å². The number of nitro groups is 1. The third kappa shape index (κ3) is 3.37. The van der Waals surface area contributed by atoms with Crippen molar-refractivity contribution < 1.29 is 4.92 Å². The number of aryl methyl sites for hydroxylation is 1. The Hall–Kier alpha value is -2.74. The Morgan fingerprint density at radius 3 is 3.00 bits per heavy atom. The fraction of sp³-hybridized carbons (Fsp3) is 0.214. The molecule has 0 bridgehead atoms. The quantitative estimate of drug-likeness (QED) is 0.423. The minimum Gasteiger partial charge on any atom is -0.369 e. The van der Waals surface area contributed by atoms with E-state index in [2.05, 4.69) is 20.5 Å². The molecule has 0 aliphatic heterocycles. The second kappa shape index (κ2) is 6.57. The first-order valence-electron chi connectivity index (χ1n) is 6.97. The molecule has 3 aromatic rings. The van der Waals surface area contributed by atoms with E-state index < -0.39 is 4.92 Å². The van der Waals surface area contributed by atoms with Gasteiger partial charge in [0.25, 0.3) is 5.69 Å². The summed E-state index contributed by atoms with van der Waals surface area (Å²) in [6, 6.07) is 7.02. The van der Waals surface area contributed by atoms with Crippen molar-refractivity contribution in [2.45, 2.75) is 12.8 Å². The molecule has 3 aromatic heterocycles. The van der Waals surface area contributed by atoms with Crippen LogP contribution in [0.2, 0.25) is 5.02 Å². The zero-order valence-corrected chi connectivity index (χ0v) is 12.8. The molecule has 3 heterocycles. The summed E-state index contributed by atoms with van der Waals surface area (Å²) in [5.74, 6) is 1.31. The number of rotatable bonds is 6. The lowest BCUT2D eigenvalue weighted by Gasteiger charge is -2.06. The first kappa shape index (κ1) is 15.2. The van der Waals surface area contributed by atoms with Gasteiger partial charge < -0.3 is 5.32 Å². The molecule has 3 rings (SSSR count). The van der Waals surface area contributed by atoms with Crippen LogP contribution in [0.3, 0.4) is 0 Å². The van der Waals surface area contributed by atoms with Crippen molar-refractivity contribution in [3.05, 3.63) is 57.6 Å². The molecule has 0 radical (unpaired) electrons. The molecule has 1 N–H and O–H groups in total. The van der Waals surface area contributed by atoms with E-state index in [1.54, 1.807) is 0 Å². The van der Waals surface area contributed by atoms with Gasteiger partial charge in [0.15, 0.2) is 5.65 Å². The highest BCUT2D eigenvalue weighted by molar-refractivity contribution is 6.33. The summed E-state index contributed by atoms with van der Waals surface area (Å²) in [4.78, 5) is 14.1. The summed E-state index contributed by atoms with van der Waals surface area (Å²) in [6.07, 6.45) is 4.64. The SMILES string of the molecule is O=[N+]([O-])c1cnc(NCCCc2nnc3ccccn23)c(Cl)c1. The minimum absolute atomic E-state index is 0.129. The Balaban J connectivity index is 1.57. The van der Waals surface area contributed by atoms with Gasteiger partial charge in [0.1, 0.15) is 17.8 Å². The molecule has 0 saturated heterocycles. The molecule has 0 aliphatic carbocycles. The van der Waals surface area contributed by atoms with Gasteiger partial charge in [0.2, 0.25) is 0 Å². The molecule has 0 spiro atoms. The van der Waals surface area contributed by atoms with E-state index in [1.165, 1.54) is 12.3 Å². The van der Waals surface area contributed by atoms with Gasteiger partial charge >= 0.3 is 0 Å². The van der Waals surface area contributed by atoms with Crippen LogP contribution < -0.4 is 5.32 Å². The Morgan fingerprint density at radius 1 is 1.35 bits per heavy atom. The fourth-order valence-electron chi connectivity index (χ4n) is 2.17. The zero-order chi connectivity index (χ0) is 16.2. The third-order valence-electron chi connectivity index (χ3n) is 3.29. The maximum absolute atomic E-state index is 10.6. The summed E-state index contributed by atoms with van der Waals surface area (Å²) in [5, 5.41) is 22.2. The van der Waals surface area contributed by atoms with E-state index in [4.69, 9.17) is 11.6 Å². The maximum atomic E-state index is 10.6. The van der Waals surface area contributed by atoms with Crippen LogP contribution in [0.25, 0.3) is 5.65 Å². The summed E-state index contributed by atoms with van der Waals surface area (Å²) in [7, 11) is 0. The first-order chi connectivity index (χ1) is 11.1. The van der Waals surface area contributed by atoms with Crippen molar-refractivity contribution >= 4 is 28.8 Å². The summed E-state index contributed by atoms with van der Waals surface area (Å²) in [6.45, 7) is 0.617. The summed E-state index contributed by atoms with van der Waals surface area (Å²) in [5.41, 5.74) is 0.686. The lowest BCUT2D eigenvalue weighted by atomic mass is 10.3. The number of halogens is 1. The highest BCUT2D eigenvalue weighted by Crippen LogP contribution is 2.23. The van der Waals surface area contributed by atoms with Gasteiger partial charge in [-0.3, -0.25) is 14.5 Å². The number of anilines is 1. The molecule has 0 unspecified atom stereocenters. The highest BCUT2D eigenvalue weighted by Gasteiger charge is 2.10. The molecule has 0 fully saturated rings. The van der Waals surface area contributed by atoms with E-state index in [-0.39, 0.29) is 10.7 Å². The Labute approximate surface area is 136 Å². The molecule has 0 saturated carbocycles. The molecule has 0 aliphatic rings. The highest BCUT2D eigenvalue weighted by atomic mass is 35.5. The predicted octanol–water partition coefficient (Wildman–Crippen LogP) is 2.73. The number of hydrogen-bond acceptors (Lipinski definition) is 6. The largest absolute Gasteiger partial charge is 0.369 e. The average molecular weight is 333 g/mol. The van der Waals surface area contributed by atoms with Crippen LogP contribution in [0, 0.1) is 10.1 Å². The van der Waals surface area contributed by atoms with Gasteiger partial charge in [-0.1, -0.05) is 17.7 Å². The van der Waals surface area contributed by atoms with Gasteiger partial charge in [-0.2, -0.15) is 0 Å². The second-order valence-corrected chi connectivity index (χ2v) is 5.26. The summed E-state index contributed by atoms with van der Waals surface area (Å²) < 4.78 is 1.94. The van der Waals surface area contributed by atoms with Crippen LogP contribution in [0.15, 0.2) is 36.7 Å². The number of nitrogens with zero attached hydrogens (tertiary/aromatic N) is 5. The minimum atomic E-state index is -0.529. The molecule has 23 heavy (non-hydrogen) atoms. The van der Waals surface area contributed by atoms with Gasteiger partial charge in [-0.05, 0) is 18.6 Å². The van der Waals surface area contributed by atoms with Gasteiger partial charge in [0, 0.05) is 25.2 Å². The maximum Gasteiger partial charge on any atom is 0.289 e. The van der Waals surface area contributed by atoms with Crippen LogP contribution in [-0.2, 0) is 6.42 Å². The van der Waals surface area contributed by atoms with Crippen molar-refractivity contribution in [2.24, 2.45) is 0 Å². The van der Waals surface area contributed by atoms with Crippen LogP contribution in [0.5, 0.6) is 0 Å². The first-order valence-corrected chi connectivity index (χ1v) is 7.35. The second-order valence-electron chi connectivity index (χ2n) is 4.86. The standard InChI is InChI=1S/C14H13ClN6O2/c15-11-8-10(21(22)23)9-17-14(11)16-6-3-5-13-19-18-12-4-1-2-7-20(12)13/h1-2,4,7-9H,3,5-6H2,(H,16,17). The molecular formula is C14H13ClN6O2. The molecule has 9 heteroatoms. The van der Waals surface area contributed by atoms with Crippen molar-refractivity contribution in [2.75, 3.05) is 11.9 Å². The van der Waals surface area contributed by atoms with Crippen molar-refractivity contribution in [3.63, 3.8) is 0 Å². The lowest BCUT2D eigenvalue weighted by molar-refractivity contribution is -0.385. The van der Waals surface area contributed by atoms with Crippen LogP contribution in [0.1, 0.15) is 12.2 Å². The van der Waals surface area contributed by atoms with Gasteiger partial charge in [0.05, 0.1) is 9.95 Å². The van der Waals surface area contributed by atoms with E-state index in [1.807, 2.05) is 28.8 Å². The summed E-state index contributed by atoms with van der Waals surface area (Å²) >= 11 is 5.97. The third-order valence-corrected chi connectivity index (χ3v) is 3.58. The Kier molecular flexibility index (Phi) is 4.33. The lowest BCUT2D eigenvalue weighted by Crippen LogP contribution is -2.06. The monoisotopic (exact) mass is 332 g/mol. The van der Waals surface area contributed by atoms with Crippen LogP contribution in [0.4, 0.5) is 11.5 Å². The van der Waals surface area contributed by atoms with Crippen LogP contribution >= 0.6 is 11.6 Å². The number of nitrogens with one attached hydrogen (secondary N) is 1. The van der Waals surface area contributed by atoms with E-state index in [9.17, 15) is 10.1 Å². The molecule has 0 aromatic carbocycles. The Morgan fingerprint density at radius 2 is 2.22 bits per heavy atom. The molecule has 0 amide bonds. The van der Waals surface area contributed by atoms with Gasteiger partial charge in [-0.25, -0.2) is 4.98 Å². The molecule has 118 valence electrons. The number of pyridine rings is 2. The van der Waals surface area contributed by atoms with E-state index in [0.717, 1.165) is 24.3 Å². The number of aromatic nitrogens is 4. The van der Waals surface area contributed by atoms with E-state index >= 15 is 0 Å². The van der Waals surface area contributed by atoms with E-state index in [0.29, 0.717) is 12.4 Å². The molecule has 0 atom stereocenters.